The third-order valence-corrected chi connectivity index (χ3v) is 5.75. The van der Waals surface area contributed by atoms with Crippen molar-refractivity contribution in [2.45, 2.75) is 31.5 Å². The number of amides is 1. The minimum absolute atomic E-state index is 0.135. The molecule has 0 bridgehead atoms. The molecule has 0 spiro atoms. The Morgan fingerprint density at radius 3 is 2.16 bits per heavy atom. The normalized spacial score (nSPS) is 16.0. The van der Waals surface area contributed by atoms with Gasteiger partial charge in [-0.15, -0.1) is 0 Å². The van der Waals surface area contributed by atoms with E-state index in [0.29, 0.717) is 5.69 Å². The number of benzene rings is 3. The molecule has 0 aromatic heterocycles. The van der Waals surface area contributed by atoms with Gasteiger partial charge in [-0.25, -0.2) is 4.39 Å². The molecule has 1 saturated heterocycles. The van der Waals surface area contributed by atoms with Crippen LogP contribution in [0.25, 0.3) is 0 Å². The van der Waals surface area contributed by atoms with Crippen LogP contribution in [-0.2, 0) is 11.3 Å². The number of carbonyl (C=O) groups is 1. The summed E-state index contributed by atoms with van der Waals surface area (Å²) in [6.07, 6.45) is 1.97. The summed E-state index contributed by atoms with van der Waals surface area (Å²) in [5, 5.41) is 6.50. The first-order valence-electron chi connectivity index (χ1n) is 10.8. The Kier molecular flexibility index (Phi) is 7.07. The monoisotopic (exact) mass is 417 g/mol. The van der Waals surface area contributed by atoms with E-state index in [2.05, 4.69) is 39.8 Å². The van der Waals surface area contributed by atoms with Gasteiger partial charge in [-0.1, -0.05) is 60.7 Å². The van der Waals surface area contributed by atoms with E-state index < -0.39 is 6.04 Å². The summed E-state index contributed by atoms with van der Waals surface area (Å²) >= 11 is 0. The first-order valence-corrected chi connectivity index (χ1v) is 10.8. The maximum absolute atomic E-state index is 13.2. The average molecular weight is 418 g/mol. The SMILES string of the molecule is O=C(Nc1ccc(F)cc1)C(NC1CCN(Cc2ccccc2)CC1)c1ccccc1. The van der Waals surface area contributed by atoms with Gasteiger partial charge in [0, 0.05) is 18.3 Å². The molecule has 160 valence electrons. The highest BCUT2D eigenvalue weighted by atomic mass is 19.1. The van der Waals surface area contributed by atoms with Crippen molar-refractivity contribution >= 4 is 11.6 Å². The fraction of sp³-hybridized carbons (Fsp3) is 0.269. The van der Waals surface area contributed by atoms with Crippen LogP contribution < -0.4 is 10.6 Å². The topological polar surface area (TPSA) is 44.4 Å². The molecule has 1 fully saturated rings. The molecule has 4 rings (SSSR count). The largest absolute Gasteiger partial charge is 0.324 e. The predicted octanol–water partition coefficient (Wildman–Crippen LogP) is 4.76. The number of anilines is 1. The van der Waals surface area contributed by atoms with Crippen molar-refractivity contribution in [3.63, 3.8) is 0 Å². The molecule has 1 amide bonds. The van der Waals surface area contributed by atoms with Gasteiger partial charge >= 0.3 is 0 Å². The molecule has 0 saturated carbocycles. The van der Waals surface area contributed by atoms with Crippen LogP contribution in [0.4, 0.5) is 10.1 Å². The van der Waals surface area contributed by atoms with Crippen molar-refractivity contribution in [3.05, 3.63) is 102 Å². The van der Waals surface area contributed by atoms with Crippen LogP contribution in [0.15, 0.2) is 84.9 Å². The van der Waals surface area contributed by atoms with E-state index in [1.807, 2.05) is 36.4 Å². The van der Waals surface area contributed by atoms with Gasteiger partial charge < -0.3 is 5.32 Å². The number of likely N-dealkylation sites (tertiary alicyclic amines) is 1. The van der Waals surface area contributed by atoms with Crippen LogP contribution in [0, 0.1) is 5.82 Å². The van der Waals surface area contributed by atoms with Crippen LogP contribution in [0.3, 0.4) is 0 Å². The molecule has 3 aromatic carbocycles. The van der Waals surface area contributed by atoms with Gasteiger partial charge in [0.25, 0.3) is 0 Å². The molecule has 1 aliphatic rings. The predicted molar refractivity (Wildman–Crippen MR) is 122 cm³/mol. The minimum Gasteiger partial charge on any atom is -0.324 e. The number of hydrogen-bond acceptors (Lipinski definition) is 3. The van der Waals surface area contributed by atoms with Gasteiger partial charge in [-0.2, -0.15) is 0 Å². The summed E-state index contributed by atoms with van der Waals surface area (Å²) in [5.74, 6) is -0.456. The summed E-state index contributed by atoms with van der Waals surface area (Å²) in [6, 6.07) is 25.9. The lowest BCUT2D eigenvalue weighted by Crippen LogP contribution is -2.46. The molecule has 5 heteroatoms. The number of rotatable bonds is 7. The lowest BCUT2D eigenvalue weighted by molar-refractivity contribution is -0.118. The Balaban J connectivity index is 1.38. The van der Waals surface area contributed by atoms with Crippen molar-refractivity contribution in [3.8, 4) is 0 Å². The minimum atomic E-state index is -0.461. The highest BCUT2D eigenvalue weighted by Crippen LogP contribution is 2.21. The van der Waals surface area contributed by atoms with Gasteiger partial charge in [-0.05, 0) is 61.3 Å². The zero-order chi connectivity index (χ0) is 21.5. The fourth-order valence-electron chi connectivity index (χ4n) is 4.05. The molecule has 0 aliphatic carbocycles. The highest BCUT2D eigenvalue weighted by Gasteiger charge is 2.26. The Morgan fingerprint density at radius 1 is 0.903 bits per heavy atom. The Morgan fingerprint density at radius 2 is 1.52 bits per heavy atom. The Bertz CT molecular complexity index is 955. The third-order valence-electron chi connectivity index (χ3n) is 5.75. The standard InChI is InChI=1S/C26H28FN3O/c27-22-11-13-23(14-12-22)29-26(31)25(21-9-5-2-6-10-21)28-24-15-17-30(18-16-24)19-20-7-3-1-4-8-20/h1-14,24-25,28H,15-19H2,(H,29,31). The summed E-state index contributed by atoms with van der Waals surface area (Å²) < 4.78 is 13.2. The van der Waals surface area contributed by atoms with Crippen molar-refractivity contribution in [1.29, 1.82) is 0 Å². The van der Waals surface area contributed by atoms with E-state index in [1.54, 1.807) is 12.1 Å². The molecule has 1 heterocycles. The molecule has 2 N–H and O–H groups in total. The lowest BCUT2D eigenvalue weighted by atomic mass is 9.99. The highest BCUT2D eigenvalue weighted by molar-refractivity contribution is 5.95. The molecule has 1 unspecified atom stereocenters. The van der Waals surface area contributed by atoms with Gasteiger partial charge in [0.15, 0.2) is 0 Å². The van der Waals surface area contributed by atoms with Crippen molar-refractivity contribution in [2.75, 3.05) is 18.4 Å². The van der Waals surface area contributed by atoms with E-state index in [0.717, 1.165) is 38.0 Å². The van der Waals surface area contributed by atoms with Gasteiger partial charge in [0.1, 0.15) is 11.9 Å². The van der Waals surface area contributed by atoms with E-state index in [1.165, 1.54) is 17.7 Å². The maximum atomic E-state index is 13.2. The molecule has 31 heavy (non-hydrogen) atoms. The van der Waals surface area contributed by atoms with E-state index in [9.17, 15) is 9.18 Å². The summed E-state index contributed by atoms with van der Waals surface area (Å²) in [6.45, 7) is 2.95. The number of nitrogens with one attached hydrogen (secondary N) is 2. The molecule has 3 aromatic rings. The quantitative estimate of drug-likeness (QED) is 0.583. The molecular weight excluding hydrogens is 389 g/mol. The van der Waals surface area contributed by atoms with Crippen molar-refractivity contribution in [2.24, 2.45) is 0 Å². The number of carbonyl (C=O) groups excluding carboxylic acids is 1. The van der Waals surface area contributed by atoms with Crippen LogP contribution in [-0.4, -0.2) is 29.9 Å². The maximum Gasteiger partial charge on any atom is 0.246 e. The second-order valence-corrected chi connectivity index (χ2v) is 8.04. The molecule has 0 radical (unpaired) electrons. The van der Waals surface area contributed by atoms with Crippen LogP contribution in [0.2, 0.25) is 0 Å². The van der Waals surface area contributed by atoms with Gasteiger partial charge in [0.2, 0.25) is 5.91 Å². The fourth-order valence-corrected chi connectivity index (χ4v) is 4.05. The van der Waals surface area contributed by atoms with Crippen LogP contribution in [0.1, 0.15) is 30.0 Å². The summed E-state index contributed by atoms with van der Waals surface area (Å²) in [4.78, 5) is 15.6. The second kappa shape index (κ2) is 10.3. The Labute approximate surface area is 183 Å². The zero-order valence-electron chi connectivity index (χ0n) is 17.5. The number of halogens is 1. The first-order chi connectivity index (χ1) is 15.2. The molecule has 4 nitrogen and oxygen atoms in total. The lowest BCUT2D eigenvalue weighted by Gasteiger charge is -2.34. The molecule has 1 atom stereocenters. The smallest absolute Gasteiger partial charge is 0.246 e. The van der Waals surface area contributed by atoms with Crippen LogP contribution in [0.5, 0.6) is 0 Å². The third kappa shape index (κ3) is 6.00. The van der Waals surface area contributed by atoms with Crippen molar-refractivity contribution in [1.82, 2.24) is 10.2 Å². The zero-order valence-corrected chi connectivity index (χ0v) is 17.5. The first kappa shape index (κ1) is 21.2. The van der Waals surface area contributed by atoms with Crippen molar-refractivity contribution < 1.29 is 9.18 Å². The second-order valence-electron chi connectivity index (χ2n) is 8.04. The van der Waals surface area contributed by atoms with E-state index in [4.69, 9.17) is 0 Å². The Hall–Kier alpha value is -3.02. The molecular formula is C26H28FN3O. The van der Waals surface area contributed by atoms with Gasteiger partial charge in [-0.3, -0.25) is 15.0 Å². The van der Waals surface area contributed by atoms with E-state index >= 15 is 0 Å². The van der Waals surface area contributed by atoms with E-state index in [-0.39, 0.29) is 17.8 Å². The average Bonchev–Trinajstić information content (AvgIpc) is 2.81. The number of piperidine rings is 1. The summed E-state index contributed by atoms with van der Waals surface area (Å²) in [7, 11) is 0. The summed E-state index contributed by atoms with van der Waals surface area (Å²) in [5.41, 5.74) is 2.84. The number of hydrogen-bond donors (Lipinski definition) is 2. The van der Waals surface area contributed by atoms with Gasteiger partial charge in [0.05, 0.1) is 0 Å². The van der Waals surface area contributed by atoms with Crippen LogP contribution >= 0.6 is 0 Å². The number of nitrogens with zero attached hydrogens (tertiary/aromatic N) is 1. The molecule has 1 aliphatic heterocycles.